The highest BCUT2D eigenvalue weighted by Crippen LogP contribution is 2.41. The highest BCUT2D eigenvalue weighted by molar-refractivity contribution is 7.16. The highest BCUT2D eigenvalue weighted by atomic mass is 32.1. The summed E-state index contributed by atoms with van der Waals surface area (Å²) in [5.41, 5.74) is -2.30. The number of carbonyl (C=O) groups excluding carboxylic acids is 2. The van der Waals surface area contributed by atoms with Gasteiger partial charge in [-0.25, -0.2) is 4.79 Å². The van der Waals surface area contributed by atoms with Crippen LogP contribution in [0.15, 0.2) is 30.3 Å². The van der Waals surface area contributed by atoms with Crippen molar-refractivity contribution in [1.82, 2.24) is 5.32 Å². The molecule has 1 aliphatic carbocycles. The topological polar surface area (TPSA) is 91.2 Å². The van der Waals surface area contributed by atoms with Crippen molar-refractivity contribution in [2.24, 2.45) is 0 Å². The monoisotopic (exact) mass is 451 g/mol. The molecular formula is C21H20F3N3O3S. The minimum Gasteiger partial charge on any atom is -0.466 e. The maximum atomic E-state index is 14.3. The molecule has 1 aromatic carbocycles. The molecule has 3 rings (SSSR count). The van der Waals surface area contributed by atoms with Gasteiger partial charge in [0.2, 0.25) is 5.91 Å². The summed E-state index contributed by atoms with van der Waals surface area (Å²) in [7, 11) is 0.804. The van der Waals surface area contributed by atoms with Gasteiger partial charge in [0.05, 0.1) is 19.1 Å². The Morgan fingerprint density at radius 1 is 1.19 bits per heavy atom. The molecule has 1 heterocycles. The summed E-state index contributed by atoms with van der Waals surface area (Å²) < 4.78 is 47.2. The summed E-state index contributed by atoms with van der Waals surface area (Å²) in [5, 5.41) is 13.4. The number of benzene rings is 1. The van der Waals surface area contributed by atoms with Gasteiger partial charge in [-0.05, 0) is 36.8 Å². The lowest BCUT2D eigenvalue weighted by Crippen LogP contribution is -2.69. The lowest BCUT2D eigenvalue weighted by atomic mass is 9.96. The Bertz CT molecular complexity index is 1010. The van der Waals surface area contributed by atoms with Crippen molar-refractivity contribution >= 4 is 28.2 Å². The van der Waals surface area contributed by atoms with E-state index < -0.39 is 23.7 Å². The number of alkyl halides is 3. The Hall–Kier alpha value is -3.06. The van der Waals surface area contributed by atoms with E-state index in [1.165, 1.54) is 0 Å². The van der Waals surface area contributed by atoms with Gasteiger partial charge in [0.25, 0.3) is 0 Å². The number of rotatable bonds is 6. The van der Waals surface area contributed by atoms with Crippen LogP contribution in [0.5, 0.6) is 0 Å². The molecule has 0 spiro atoms. The number of halogens is 3. The first-order chi connectivity index (χ1) is 14.7. The molecule has 0 unspecified atom stereocenters. The first-order valence-corrected chi connectivity index (χ1v) is 10.4. The van der Waals surface area contributed by atoms with Crippen LogP contribution in [0.4, 0.5) is 18.2 Å². The number of methoxy groups -OCH3 is 1. The molecule has 1 aliphatic rings. The molecule has 0 fully saturated rings. The fraction of sp³-hybridized carbons (Fsp3) is 0.381. The number of aryl methyl sites for hydroxylation is 1. The standard InChI is InChI=1S/C21H20F3N3O3S/c1-30-19(29)20(21(22,23)24,26-17(28)11-13-7-3-2-4-8-13)27-18-15(12-25)14-9-5-6-10-16(14)31-18/h2-4,7-8,27H,5-6,9-11H2,1H3,(H,26,28)/t20-/m1/s1. The second-order valence-electron chi connectivity index (χ2n) is 7.10. The Morgan fingerprint density at radius 3 is 2.48 bits per heavy atom. The van der Waals surface area contributed by atoms with E-state index in [1.54, 1.807) is 35.6 Å². The van der Waals surface area contributed by atoms with E-state index in [9.17, 15) is 28.0 Å². The van der Waals surface area contributed by atoms with Gasteiger partial charge < -0.3 is 15.4 Å². The predicted molar refractivity (Wildman–Crippen MR) is 108 cm³/mol. The third kappa shape index (κ3) is 4.51. The number of amides is 1. The molecule has 0 bridgehead atoms. The van der Waals surface area contributed by atoms with Crippen molar-refractivity contribution < 1.29 is 27.5 Å². The normalized spacial score (nSPS) is 15.2. The number of fused-ring (bicyclic) bond motifs is 1. The highest BCUT2D eigenvalue weighted by Gasteiger charge is 2.64. The zero-order chi connectivity index (χ0) is 22.6. The van der Waals surface area contributed by atoms with Crippen molar-refractivity contribution in [2.75, 3.05) is 12.4 Å². The van der Waals surface area contributed by atoms with Crippen LogP contribution >= 0.6 is 11.3 Å². The molecule has 2 aromatic rings. The van der Waals surface area contributed by atoms with Crippen LogP contribution in [0.2, 0.25) is 0 Å². The molecule has 0 saturated heterocycles. The van der Waals surface area contributed by atoms with Crippen LogP contribution in [0.3, 0.4) is 0 Å². The first kappa shape index (κ1) is 22.6. The zero-order valence-electron chi connectivity index (χ0n) is 16.6. The quantitative estimate of drug-likeness (QED) is 0.516. The maximum absolute atomic E-state index is 14.3. The summed E-state index contributed by atoms with van der Waals surface area (Å²) in [6.45, 7) is 0. The molecule has 164 valence electrons. The third-order valence-electron chi connectivity index (χ3n) is 5.04. The van der Waals surface area contributed by atoms with E-state index in [0.717, 1.165) is 36.2 Å². The molecule has 6 nitrogen and oxygen atoms in total. The lowest BCUT2D eigenvalue weighted by Gasteiger charge is -2.34. The molecule has 1 amide bonds. The third-order valence-corrected chi connectivity index (χ3v) is 6.24. The molecule has 1 atom stereocenters. The zero-order valence-corrected chi connectivity index (χ0v) is 17.5. The fourth-order valence-corrected chi connectivity index (χ4v) is 4.82. The lowest BCUT2D eigenvalue weighted by molar-refractivity contribution is -0.206. The Morgan fingerprint density at radius 2 is 1.87 bits per heavy atom. The van der Waals surface area contributed by atoms with Crippen LogP contribution in [-0.4, -0.2) is 30.8 Å². The van der Waals surface area contributed by atoms with Gasteiger partial charge in [-0.1, -0.05) is 30.3 Å². The maximum Gasteiger partial charge on any atom is 0.441 e. The number of nitriles is 1. The summed E-state index contributed by atoms with van der Waals surface area (Å²) in [6, 6.07) is 10.1. The van der Waals surface area contributed by atoms with Gasteiger partial charge in [-0.15, -0.1) is 11.3 Å². The van der Waals surface area contributed by atoms with E-state index in [4.69, 9.17) is 0 Å². The molecule has 0 radical (unpaired) electrons. The number of ether oxygens (including phenoxy) is 1. The second kappa shape index (κ2) is 8.98. The van der Waals surface area contributed by atoms with Crippen LogP contribution in [0.25, 0.3) is 0 Å². The number of hydrogen-bond donors (Lipinski definition) is 2. The van der Waals surface area contributed by atoms with Gasteiger partial charge in [0.1, 0.15) is 11.1 Å². The van der Waals surface area contributed by atoms with Crippen molar-refractivity contribution in [1.29, 1.82) is 5.26 Å². The van der Waals surface area contributed by atoms with Crippen LogP contribution in [0, 0.1) is 11.3 Å². The van der Waals surface area contributed by atoms with E-state index >= 15 is 0 Å². The van der Waals surface area contributed by atoms with Crippen LogP contribution < -0.4 is 10.6 Å². The average Bonchev–Trinajstić information content (AvgIpc) is 3.09. The number of esters is 1. The largest absolute Gasteiger partial charge is 0.466 e. The molecular weight excluding hydrogens is 431 g/mol. The molecule has 1 aromatic heterocycles. The van der Waals surface area contributed by atoms with E-state index in [0.29, 0.717) is 24.0 Å². The molecule has 31 heavy (non-hydrogen) atoms. The van der Waals surface area contributed by atoms with Crippen molar-refractivity contribution in [2.45, 2.75) is 43.9 Å². The second-order valence-corrected chi connectivity index (χ2v) is 8.21. The Labute approximate surface area is 181 Å². The number of nitrogens with one attached hydrogen (secondary N) is 2. The summed E-state index contributed by atoms with van der Waals surface area (Å²) >= 11 is 0.996. The van der Waals surface area contributed by atoms with Crippen LogP contribution in [-0.2, 0) is 33.6 Å². The molecule has 0 aliphatic heterocycles. The van der Waals surface area contributed by atoms with Crippen molar-refractivity contribution in [3.8, 4) is 6.07 Å². The molecule has 10 heteroatoms. The predicted octanol–water partition coefficient (Wildman–Crippen LogP) is 3.70. The molecule has 2 N–H and O–H groups in total. The average molecular weight is 451 g/mol. The van der Waals surface area contributed by atoms with Gasteiger partial charge in [0.15, 0.2) is 0 Å². The SMILES string of the molecule is COC(=O)[C@@](NC(=O)Cc1ccccc1)(Nc1sc2c(c1C#N)CCCC2)C(F)(F)F. The number of thiophene rings is 1. The van der Waals surface area contributed by atoms with E-state index in [2.05, 4.69) is 10.1 Å². The summed E-state index contributed by atoms with van der Waals surface area (Å²) in [6.07, 6.45) is -2.70. The number of carbonyl (C=O) groups is 2. The van der Waals surface area contributed by atoms with Crippen LogP contribution in [0.1, 0.15) is 34.4 Å². The number of hydrogen-bond acceptors (Lipinski definition) is 6. The number of nitrogens with zero attached hydrogens (tertiary/aromatic N) is 1. The number of anilines is 1. The smallest absolute Gasteiger partial charge is 0.441 e. The van der Waals surface area contributed by atoms with E-state index in [1.807, 2.05) is 6.07 Å². The van der Waals surface area contributed by atoms with Crippen molar-refractivity contribution in [3.05, 3.63) is 51.9 Å². The fourth-order valence-electron chi connectivity index (χ4n) is 3.52. The Kier molecular flexibility index (Phi) is 6.55. The molecule has 0 saturated carbocycles. The van der Waals surface area contributed by atoms with Gasteiger partial charge in [0, 0.05) is 4.88 Å². The van der Waals surface area contributed by atoms with Gasteiger partial charge >= 0.3 is 17.8 Å². The minimum absolute atomic E-state index is 0.0644. The van der Waals surface area contributed by atoms with Crippen molar-refractivity contribution in [3.63, 3.8) is 0 Å². The van der Waals surface area contributed by atoms with Gasteiger partial charge in [-0.3, -0.25) is 4.79 Å². The first-order valence-electron chi connectivity index (χ1n) is 9.54. The minimum atomic E-state index is -5.25. The van der Waals surface area contributed by atoms with Gasteiger partial charge in [-0.2, -0.15) is 18.4 Å². The van der Waals surface area contributed by atoms with E-state index in [-0.39, 0.29) is 17.0 Å². The Balaban J connectivity index is 2.01. The summed E-state index contributed by atoms with van der Waals surface area (Å²) in [5.74, 6) is -2.75. The summed E-state index contributed by atoms with van der Waals surface area (Å²) in [4.78, 5) is 25.7.